The lowest BCUT2D eigenvalue weighted by Gasteiger charge is -2.15. The number of benzene rings is 1. The Morgan fingerprint density at radius 2 is 2.25 bits per heavy atom. The highest BCUT2D eigenvalue weighted by Gasteiger charge is 2.31. The van der Waals surface area contributed by atoms with Gasteiger partial charge in [0.2, 0.25) is 0 Å². The summed E-state index contributed by atoms with van der Waals surface area (Å²) in [6.07, 6.45) is 3.74. The first kappa shape index (κ1) is 9.46. The molecule has 0 radical (unpaired) electrons. The van der Waals surface area contributed by atoms with Gasteiger partial charge in [0.1, 0.15) is 5.75 Å². The van der Waals surface area contributed by atoms with Crippen LogP contribution in [0.3, 0.4) is 0 Å². The van der Waals surface area contributed by atoms with Crippen LogP contribution in [0.15, 0.2) is 36.7 Å². The van der Waals surface area contributed by atoms with E-state index in [1.807, 2.05) is 29.1 Å². The van der Waals surface area contributed by atoms with Gasteiger partial charge in [-0.05, 0) is 24.3 Å². The standard InChI is InChI=1S/C13H14N2O/c1-13(2)9-16-12-5-4-10(8-11(12)13)15-7-3-6-14-15/h3-8H,9H2,1-2H3. The predicted molar refractivity (Wildman–Crippen MR) is 62.1 cm³/mol. The fraction of sp³-hybridized carbons (Fsp3) is 0.308. The Labute approximate surface area is 94.7 Å². The first-order valence-corrected chi connectivity index (χ1v) is 5.44. The van der Waals surface area contributed by atoms with Crippen LogP contribution in [0.1, 0.15) is 19.4 Å². The van der Waals surface area contributed by atoms with Crippen molar-refractivity contribution in [2.24, 2.45) is 0 Å². The quantitative estimate of drug-likeness (QED) is 0.729. The number of hydrogen-bond acceptors (Lipinski definition) is 2. The highest BCUT2D eigenvalue weighted by Crippen LogP contribution is 2.39. The third-order valence-corrected chi connectivity index (χ3v) is 3.05. The molecule has 0 bridgehead atoms. The molecule has 2 aromatic rings. The second-order valence-corrected chi connectivity index (χ2v) is 4.80. The molecule has 0 aliphatic carbocycles. The largest absolute Gasteiger partial charge is 0.492 e. The van der Waals surface area contributed by atoms with Crippen LogP contribution in [-0.2, 0) is 5.41 Å². The molecule has 0 atom stereocenters. The fourth-order valence-electron chi connectivity index (χ4n) is 2.07. The lowest BCUT2D eigenvalue weighted by molar-refractivity contribution is 0.291. The van der Waals surface area contributed by atoms with E-state index in [1.165, 1.54) is 5.56 Å². The summed E-state index contributed by atoms with van der Waals surface area (Å²) in [7, 11) is 0. The van der Waals surface area contributed by atoms with Crippen molar-refractivity contribution in [1.82, 2.24) is 9.78 Å². The van der Waals surface area contributed by atoms with Crippen LogP contribution in [0.25, 0.3) is 5.69 Å². The Bertz CT molecular complexity index is 515. The molecule has 0 saturated carbocycles. The summed E-state index contributed by atoms with van der Waals surface area (Å²) in [5, 5.41) is 4.24. The van der Waals surface area contributed by atoms with Gasteiger partial charge in [0.25, 0.3) is 0 Å². The lowest BCUT2D eigenvalue weighted by atomic mass is 9.87. The molecule has 0 fully saturated rings. The molecule has 3 heteroatoms. The molecule has 0 unspecified atom stereocenters. The third-order valence-electron chi connectivity index (χ3n) is 3.05. The van der Waals surface area contributed by atoms with Gasteiger partial charge in [0, 0.05) is 23.4 Å². The van der Waals surface area contributed by atoms with E-state index in [0.717, 1.165) is 18.0 Å². The van der Waals surface area contributed by atoms with Gasteiger partial charge in [-0.3, -0.25) is 0 Å². The minimum atomic E-state index is 0.0957. The number of hydrogen-bond donors (Lipinski definition) is 0. The minimum absolute atomic E-state index is 0.0957. The normalized spacial score (nSPS) is 16.9. The van der Waals surface area contributed by atoms with Crippen molar-refractivity contribution in [3.05, 3.63) is 42.2 Å². The van der Waals surface area contributed by atoms with E-state index < -0.39 is 0 Å². The summed E-state index contributed by atoms with van der Waals surface area (Å²) >= 11 is 0. The average molecular weight is 214 g/mol. The number of aromatic nitrogens is 2. The van der Waals surface area contributed by atoms with Gasteiger partial charge in [-0.15, -0.1) is 0 Å². The zero-order chi connectivity index (χ0) is 11.2. The molecule has 16 heavy (non-hydrogen) atoms. The summed E-state index contributed by atoms with van der Waals surface area (Å²) in [4.78, 5) is 0. The van der Waals surface area contributed by atoms with Gasteiger partial charge in [0.05, 0.1) is 12.3 Å². The Morgan fingerprint density at radius 1 is 1.38 bits per heavy atom. The van der Waals surface area contributed by atoms with Crippen molar-refractivity contribution in [2.45, 2.75) is 19.3 Å². The molecular formula is C13H14N2O. The summed E-state index contributed by atoms with van der Waals surface area (Å²) in [6.45, 7) is 5.16. The summed E-state index contributed by atoms with van der Waals surface area (Å²) < 4.78 is 7.53. The lowest BCUT2D eigenvalue weighted by Crippen LogP contribution is -2.18. The zero-order valence-corrected chi connectivity index (χ0v) is 9.47. The van der Waals surface area contributed by atoms with E-state index in [1.54, 1.807) is 6.20 Å². The van der Waals surface area contributed by atoms with Crippen molar-refractivity contribution >= 4 is 0 Å². The molecule has 0 saturated heterocycles. The van der Waals surface area contributed by atoms with E-state index in [4.69, 9.17) is 4.74 Å². The molecule has 0 amide bonds. The van der Waals surface area contributed by atoms with Crippen molar-refractivity contribution in [1.29, 1.82) is 0 Å². The van der Waals surface area contributed by atoms with Gasteiger partial charge in [-0.1, -0.05) is 13.8 Å². The van der Waals surface area contributed by atoms with Crippen LogP contribution >= 0.6 is 0 Å². The summed E-state index contributed by atoms with van der Waals surface area (Å²) in [6, 6.07) is 8.15. The Hall–Kier alpha value is -1.77. The van der Waals surface area contributed by atoms with Gasteiger partial charge in [-0.25, -0.2) is 4.68 Å². The molecule has 1 aromatic carbocycles. The monoisotopic (exact) mass is 214 g/mol. The summed E-state index contributed by atoms with van der Waals surface area (Å²) in [5.41, 5.74) is 2.45. The third kappa shape index (κ3) is 1.32. The molecular weight excluding hydrogens is 200 g/mol. The molecule has 1 aliphatic heterocycles. The molecule has 3 nitrogen and oxygen atoms in total. The van der Waals surface area contributed by atoms with Crippen molar-refractivity contribution in [3.63, 3.8) is 0 Å². The van der Waals surface area contributed by atoms with Gasteiger partial charge in [-0.2, -0.15) is 5.10 Å². The van der Waals surface area contributed by atoms with E-state index in [2.05, 4.69) is 25.0 Å². The smallest absolute Gasteiger partial charge is 0.123 e. The maximum atomic E-state index is 5.66. The van der Waals surface area contributed by atoms with Gasteiger partial charge in [0.15, 0.2) is 0 Å². The van der Waals surface area contributed by atoms with E-state index in [9.17, 15) is 0 Å². The maximum absolute atomic E-state index is 5.66. The highest BCUT2D eigenvalue weighted by atomic mass is 16.5. The van der Waals surface area contributed by atoms with Gasteiger partial charge >= 0.3 is 0 Å². The molecule has 1 aliphatic rings. The van der Waals surface area contributed by atoms with Gasteiger partial charge < -0.3 is 4.74 Å². The molecule has 1 aromatic heterocycles. The van der Waals surface area contributed by atoms with Crippen LogP contribution in [0.5, 0.6) is 5.75 Å². The number of ether oxygens (including phenoxy) is 1. The summed E-state index contributed by atoms with van der Waals surface area (Å²) in [5.74, 6) is 1.00. The maximum Gasteiger partial charge on any atom is 0.123 e. The second kappa shape index (κ2) is 3.11. The number of rotatable bonds is 1. The minimum Gasteiger partial charge on any atom is -0.492 e. The fourth-order valence-corrected chi connectivity index (χ4v) is 2.07. The number of fused-ring (bicyclic) bond motifs is 1. The molecule has 0 spiro atoms. The first-order chi connectivity index (χ1) is 7.67. The highest BCUT2D eigenvalue weighted by molar-refractivity contribution is 5.49. The van der Waals surface area contributed by atoms with Crippen LogP contribution in [-0.4, -0.2) is 16.4 Å². The van der Waals surface area contributed by atoms with Crippen molar-refractivity contribution in [2.75, 3.05) is 6.61 Å². The van der Waals surface area contributed by atoms with Crippen molar-refractivity contribution < 1.29 is 4.74 Å². The topological polar surface area (TPSA) is 27.1 Å². The predicted octanol–water partition coefficient (Wildman–Crippen LogP) is 2.54. The first-order valence-electron chi connectivity index (χ1n) is 5.44. The van der Waals surface area contributed by atoms with Crippen LogP contribution in [0.2, 0.25) is 0 Å². The van der Waals surface area contributed by atoms with E-state index in [0.29, 0.717) is 0 Å². The van der Waals surface area contributed by atoms with E-state index in [-0.39, 0.29) is 5.41 Å². The second-order valence-electron chi connectivity index (χ2n) is 4.80. The van der Waals surface area contributed by atoms with Crippen molar-refractivity contribution in [3.8, 4) is 11.4 Å². The Morgan fingerprint density at radius 3 is 3.00 bits per heavy atom. The van der Waals surface area contributed by atoms with E-state index >= 15 is 0 Å². The average Bonchev–Trinajstić information content (AvgIpc) is 2.87. The van der Waals surface area contributed by atoms with Crippen LogP contribution in [0, 0.1) is 0 Å². The van der Waals surface area contributed by atoms with Crippen LogP contribution in [0.4, 0.5) is 0 Å². The molecule has 82 valence electrons. The Kier molecular flexibility index (Phi) is 1.84. The number of nitrogens with zero attached hydrogens (tertiary/aromatic N) is 2. The SMILES string of the molecule is CC1(C)COc2ccc(-n3cccn3)cc21. The zero-order valence-electron chi connectivity index (χ0n) is 9.47. The molecule has 3 rings (SSSR count). The molecule has 2 heterocycles. The molecule has 0 N–H and O–H groups in total. The van der Waals surface area contributed by atoms with Crippen LogP contribution < -0.4 is 4.74 Å². The Balaban J connectivity index is 2.12.